The average Bonchev–Trinajstić information content (AvgIpc) is 2.98. The van der Waals surface area contributed by atoms with Crippen molar-refractivity contribution in [2.24, 2.45) is 5.41 Å². The Morgan fingerprint density at radius 2 is 1.85 bits per heavy atom. The van der Waals surface area contributed by atoms with Gasteiger partial charge in [0, 0.05) is 32.7 Å². The Morgan fingerprint density at radius 3 is 2.33 bits per heavy atom. The molecule has 1 aromatic rings. The zero-order valence-corrected chi connectivity index (χ0v) is 16.2. The Hall–Kier alpha value is -2.46. The number of anilines is 1. The van der Waals surface area contributed by atoms with Crippen LogP contribution in [0.15, 0.2) is 29.2 Å². The number of aliphatic carboxylic acids is 1. The second-order valence-corrected chi connectivity index (χ2v) is 8.94. The smallest absolute Gasteiger partial charge is 0.311 e. The quantitative estimate of drug-likeness (QED) is 0.724. The molecule has 10 heteroatoms. The molecule has 0 radical (unpaired) electrons. The third-order valence-corrected chi connectivity index (χ3v) is 6.40. The van der Waals surface area contributed by atoms with E-state index in [9.17, 15) is 27.9 Å². The standard InChI is InChI=1S/C17H23N3O6S/c1-12(21)18-13-4-6-14(7-5-13)27(25,26)19(3)10-15(22)20-9-8-17(2,11-20)16(23)24/h4-7H,8-11H2,1-3H3,(H,18,21)(H,23,24). The highest BCUT2D eigenvalue weighted by Crippen LogP contribution is 2.30. The van der Waals surface area contributed by atoms with Crippen molar-refractivity contribution in [2.45, 2.75) is 25.2 Å². The van der Waals surface area contributed by atoms with Crippen molar-refractivity contribution in [3.05, 3.63) is 24.3 Å². The number of carbonyl (C=O) groups is 3. The predicted molar refractivity (Wildman–Crippen MR) is 97.5 cm³/mol. The minimum atomic E-state index is -3.90. The van der Waals surface area contributed by atoms with Gasteiger partial charge in [-0.05, 0) is 37.6 Å². The number of likely N-dealkylation sites (tertiary alicyclic amines) is 1. The van der Waals surface area contributed by atoms with Crippen LogP contribution in [0.3, 0.4) is 0 Å². The van der Waals surface area contributed by atoms with E-state index in [0.29, 0.717) is 12.1 Å². The largest absolute Gasteiger partial charge is 0.481 e. The van der Waals surface area contributed by atoms with Crippen LogP contribution in [0, 0.1) is 5.41 Å². The Balaban J connectivity index is 2.06. The molecule has 1 aromatic carbocycles. The van der Waals surface area contributed by atoms with Crippen molar-refractivity contribution in [1.29, 1.82) is 0 Å². The molecule has 27 heavy (non-hydrogen) atoms. The molecule has 1 atom stereocenters. The third-order valence-electron chi connectivity index (χ3n) is 4.58. The monoisotopic (exact) mass is 397 g/mol. The van der Waals surface area contributed by atoms with E-state index in [1.54, 1.807) is 6.92 Å². The molecular weight excluding hydrogens is 374 g/mol. The van der Waals surface area contributed by atoms with Crippen LogP contribution in [-0.2, 0) is 24.4 Å². The van der Waals surface area contributed by atoms with Crippen LogP contribution < -0.4 is 5.32 Å². The lowest BCUT2D eigenvalue weighted by Gasteiger charge is -2.23. The molecule has 1 saturated heterocycles. The lowest BCUT2D eigenvalue weighted by Crippen LogP contribution is -2.41. The highest BCUT2D eigenvalue weighted by Gasteiger charge is 2.42. The second-order valence-electron chi connectivity index (χ2n) is 6.90. The summed E-state index contributed by atoms with van der Waals surface area (Å²) in [7, 11) is -2.60. The summed E-state index contributed by atoms with van der Waals surface area (Å²) < 4.78 is 26.2. The molecule has 148 valence electrons. The third kappa shape index (κ3) is 4.64. The number of nitrogens with zero attached hydrogens (tertiary/aromatic N) is 2. The molecule has 1 aliphatic heterocycles. The van der Waals surface area contributed by atoms with Crippen LogP contribution in [0.1, 0.15) is 20.3 Å². The minimum absolute atomic E-state index is 0.0105. The normalized spacial score (nSPS) is 19.9. The summed E-state index contributed by atoms with van der Waals surface area (Å²) in [5.74, 6) is -1.69. The maximum absolute atomic E-state index is 12.6. The number of sulfonamides is 1. The molecule has 1 fully saturated rings. The van der Waals surface area contributed by atoms with Gasteiger partial charge in [0.1, 0.15) is 0 Å². The van der Waals surface area contributed by atoms with E-state index in [4.69, 9.17) is 0 Å². The van der Waals surface area contributed by atoms with Crippen molar-refractivity contribution in [1.82, 2.24) is 9.21 Å². The van der Waals surface area contributed by atoms with Crippen LogP contribution in [0.25, 0.3) is 0 Å². The fourth-order valence-corrected chi connectivity index (χ4v) is 3.94. The van der Waals surface area contributed by atoms with Gasteiger partial charge >= 0.3 is 5.97 Å². The molecule has 0 saturated carbocycles. The molecule has 0 aliphatic carbocycles. The first-order valence-corrected chi connectivity index (χ1v) is 9.75. The first kappa shape index (κ1) is 20.8. The molecule has 1 unspecified atom stereocenters. The number of hydrogen-bond acceptors (Lipinski definition) is 5. The lowest BCUT2D eigenvalue weighted by atomic mass is 9.90. The molecule has 0 spiro atoms. The number of hydrogen-bond donors (Lipinski definition) is 2. The van der Waals surface area contributed by atoms with E-state index in [1.807, 2.05) is 0 Å². The summed E-state index contributed by atoms with van der Waals surface area (Å²) in [5.41, 5.74) is -0.544. The first-order chi connectivity index (χ1) is 12.5. The maximum atomic E-state index is 12.6. The van der Waals surface area contributed by atoms with Crippen LogP contribution >= 0.6 is 0 Å². The summed E-state index contributed by atoms with van der Waals surface area (Å²) >= 11 is 0. The summed E-state index contributed by atoms with van der Waals surface area (Å²) in [5, 5.41) is 11.8. The van der Waals surface area contributed by atoms with Crippen molar-refractivity contribution in [3.63, 3.8) is 0 Å². The number of amides is 2. The van der Waals surface area contributed by atoms with Gasteiger partial charge in [-0.15, -0.1) is 0 Å². The molecule has 2 rings (SSSR count). The Bertz CT molecular complexity index is 852. The Labute approximate surface area is 158 Å². The maximum Gasteiger partial charge on any atom is 0.311 e. The summed E-state index contributed by atoms with van der Waals surface area (Å²) in [6, 6.07) is 5.61. The molecule has 1 heterocycles. The minimum Gasteiger partial charge on any atom is -0.481 e. The van der Waals surface area contributed by atoms with Crippen molar-refractivity contribution < 1.29 is 27.9 Å². The number of carboxylic acids is 1. The van der Waals surface area contributed by atoms with Gasteiger partial charge in [0.15, 0.2) is 0 Å². The number of nitrogens with one attached hydrogen (secondary N) is 1. The first-order valence-electron chi connectivity index (χ1n) is 8.31. The highest BCUT2D eigenvalue weighted by molar-refractivity contribution is 7.89. The van der Waals surface area contributed by atoms with E-state index in [-0.39, 0.29) is 30.4 Å². The number of carbonyl (C=O) groups excluding carboxylic acids is 2. The fraction of sp³-hybridized carbons (Fsp3) is 0.471. The van der Waals surface area contributed by atoms with Gasteiger partial charge in [-0.1, -0.05) is 0 Å². The van der Waals surface area contributed by atoms with Crippen LogP contribution in [0.4, 0.5) is 5.69 Å². The van der Waals surface area contributed by atoms with Gasteiger partial charge in [0.05, 0.1) is 16.9 Å². The highest BCUT2D eigenvalue weighted by atomic mass is 32.2. The van der Waals surface area contributed by atoms with Gasteiger partial charge in [0.25, 0.3) is 0 Å². The molecule has 2 N–H and O–H groups in total. The molecule has 2 amide bonds. The number of likely N-dealkylation sites (N-methyl/N-ethyl adjacent to an activating group) is 1. The zero-order valence-electron chi connectivity index (χ0n) is 15.4. The Kier molecular flexibility index (Phi) is 5.91. The van der Waals surface area contributed by atoms with E-state index >= 15 is 0 Å². The lowest BCUT2D eigenvalue weighted by molar-refractivity contribution is -0.147. The molecular formula is C17H23N3O6S. The van der Waals surface area contributed by atoms with Crippen molar-refractivity contribution in [2.75, 3.05) is 32.0 Å². The average molecular weight is 397 g/mol. The van der Waals surface area contributed by atoms with Crippen LogP contribution in [-0.4, -0.2) is 67.2 Å². The fourth-order valence-electron chi connectivity index (χ4n) is 2.82. The van der Waals surface area contributed by atoms with Gasteiger partial charge < -0.3 is 15.3 Å². The van der Waals surface area contributed by atoms with Crippen molar-refractivity contribution >= 4 is 33.5 Å². The molecule has 0 bridgehead atoms. The van der Waals surface area contributed by atoms with E-state index in [0.717, 1.165) is 4.31 Å². The van der Waals surface area contributed by atoms with Crippen molar-refractivity contribution in [3.8, 4) is 0 Å². The van der Waals surface area contributed by atoms with E-state index < -0.39 is 27.3 Å². The number of benzene rings is 1. The molecule has 9 nitrogen and oxygen atoms in total. The predicted octanol–water partition coefficient (Wildman–Crippen LogP) is 0.589. The molecule has 1 aliphatic rings. The van der Waals surface area contributed by atoms with Crippen LogP contribution in [0.5, 0.6) is 0 Å². The summed E-state index contributed by atoms with van der Waals surface area (Å²) in [4.78, 5) is 36.1. The topological polar surface area (TPSA) is 124 Å². The van der Waals surface area contributed by atoms with Gasteiger partial charge in [0.2, 0.25) is 21.8 Å². The number of carboxylic acid groups (broad SMARTS) is 1. The van der Waals surface area contributed by atoms with Gasteiger partial charge in [-0.25, -0.2) is 8.42 Å². The molecule has 0 aromatic heterocycles. The van der Waals surface area contributed by atoms with E-state index in [2.05, 4.69) is 5.32 Å². The zero-order chi connectivity index (χ0) is 20.4. The van der Waals surface area contributed by atoms with E-state index in [1.165, 1.54) is 43.1 Å². The van der Waals surface area contributed by atoms with Gasteiger partial charge in [-0.2, -0.15) is 4.31 Å². The number of rotatable bonds is 6. The SMILES string of the molecule is CC(=O)Nc1ccc(S(=O)(=O)N(C)CC(=O)N2CCC(C)(C(=O)O)C2)cc1. The van der Waals surface area contributed by atoms with Crippen LogP contribution in [0.2, 0.25) is 0 Å². The van der Waals surface area contributed by atoms with Gasteiger partial charge in [-0.3, -0.25) is 14.4 Å². The summed E-state index contributed by atoms with van der Waals surface area (Å²) in [6.07, 6.45) is 0.329. The second kappa shape index (κ2) is 7.65. The Morgan fingerprint density at radius 1 is 1.26 bits per heavy atom. The summed E-state index contributed by atoms with van der Waals surface area (Å²) in [6.45, 7) is 2.87.